The van der Waals surface area contributed by atoms with E-state index in [1.54, 1.807) is 26.4 Å². The summed E-state index contributed by atoms with van der Waals surface area (Å²) >= 11 is 0. The van der Waals surface area contributed by atoms with Crippen molar-refractivity contribution in [2.24, 2.45) is 0 Å². The number of carbonyl (C=O) groups excluding carboxylic acids is 1. The summed E-state index contributed by atoms with van der Waals surface area (Å²) in [5.74, 6) is 1.97. The standard InChI is InChI=1S/C20H20N4O3/c1-26-16-10-14-15(11-17(16)27-2)22-19(23-18(14)21)12-5-3-6-13(9-12)20(25)24-7-4-8-24/h3,5-6,9-11H,4,7-8H2,1-2H3,(H2,21,22,23). The van der Waals surface area contributed by atoms with Gasteiger partial charge in [-0.1, -0.05) is 12.1 Å². The molecule has 1 aromatic heterocycles. The zero-order valence-electron chi connectivity index (χ0n) is 15.2. The summed E-state index contributed by atoms with van der Waals surface area (Å²) in [7, 11) is 3.13. The zero-order valence-corrected chi connectivity index (χ0v) is 15.2. The maximum Gasteiger partial charge on any atom is 0.253 e. The fourth-order valence-corrected chi connectivity index (χ4v) is 3.10. The molecule has 1 saturated heterocycles. The van der Waals surface area contributed by atoms with Crippen LogP contribution in [0.3, 0.4) is 0 Å². The Bertz CT molecular complexity index is 1030. The molecule has 2 N–H and O–H groups in total. The van der Waals surface area contributed by atoms with Gasteiger partial charge in [0.1, 0.15) is 5.82 Å². The van der Waals surface area contributed by atoms with Gasteiger partial charge in [-0.15, -0.1) is 0 Å². The van der Waals surface area contributed by atoms with E-state index >= 15 is 0 Å². The number of nitrogens with two attached hydrogens (primary N) is 1. The van der Waals surface area contributed by atoms with E-state index in [2.05, 4.69) is 9.97 Å². The molecule has 0 unspecified atom stereocenters. The Kier molecular flexibility index (Phi) is 4.27. The summed E-state index contributed by atoms with van der Waals surface area (Å²) in [4.78, 5) is 23.3. The minimum absolute atomic E-state index is 0.0308. The van der Waals surface area contributed by atoms with Crippen LogP contribution in [0.1, 0.15) is 16.8 Å². The van der Waals surface area contributed by atoms with Gasteiger partial charge in [0.25, 0.3) is 5.91 Å². The topological polar surface area (TPSA) is 90.6 Å². The van der Waals surface area contributed by atoms with Crippen molar-refractivity contribution in [3.8, 4) is 22.9 Å². The molecule has 1 aliphatic rings. The average Bonchev–Trinajstić information content (AvgIpc) is 2.65. The maximum atomic E-state index is 12.5. The molecule has 0 radical (unpaired) electrons. The van der Waals surface area contributed by atoms with E-state index in [1.807, 2.05) is 29.2 Å². The number of hydrogen-bond donors (Lipinski definition) is 1. The summed E-state index contributed by atoms with van der Waals surface area (Å²) in [5.41, 5.74) is 8.18. The number of nitrogens with zero attached hydrogens (tertiary/aromatic N) is 3. The molecule has 2 heterocycles. The molecule has 3 aromatic rings. The number of rotatable bonds is 4. The lowest BCUT2D eigenvalue weighted by molar-refractivity contribution is 0.0652. The second-order valence-corrected chi connectivity index (χ2v) is 6.38. The molecule has 1 aliphatic heterocycles. The molecular formula is C20H20N4O3. The highest BCUT2D eigenvalue weighted by Gasteiger charge is 2.22. The molecule has 0 bridgehead atoms. The predicted octanol–water partition coefficient (Wildman–Crippen LogP) is 2.74. The second kappa shape index (κ2) is 6.75. The summed E-state index contributed by atoms with van der Waals surface area (Å²) < 4.78 is 10.7. The third-order valence-electron chi connectivity index (χ3n) is 4.74. The SMILES string of the molecule is COc1cc2nc(-c3cccc(C(=O)N4CCC4)c3)nc(N)c2cc1OC. The lowest BCUT2D eigenvalue weighted by Gasteiger charge is -2.31. The number of fused-ring (bicyclic) bond motifs is 1. The number of nitrogen functional groups attached to an aromatic ring is 1. The Balaban J connectivity index is 1.78. The van der Waals surface area contributed by atoms with E-state index in [9.17, 15) is 4.79 Å². The number of carbonyl (C=O) groups is 1. The molecule has 1 fully saturated rings. The Morgan fingerprint density at radius 3 is 2.48 bits per heavy atom. The highest BCUT2D eigenvalue weighted by Crippen LogP contribution is 2.34. The number of benzene rings is 2. The lowest BCUT2D eigenvalue weighted by atomic mass is 10.1. The van der Waals surface area contributed by atoms with Crippen LogP contribution in [0.15, 0.2) is 36.4 Å². The van der Waals surface area contributed by atoms with E-state index in [-0.39, 0.29) is 5.91 Å². The minimum Gasteiger partial charge on any atom is -0.493 e. The van der Waals surface area contributed by atoms with Crippen LogP contribution in [0.2, 0.25) is 0 Å². The van der Waals surface area contributed by atoms with E-state index in [4.69, 9.17) is 15.2 Å². The lowest BCUT2D eigenvalue weighted by Crippen LogP contribution is -2.42. The quantitative estimate of drug-likeness (QED) is 0.765. The number of ether oxygens (including phenoxy) is 2. The summed E-state index contributed by atoms with van der Waals surface area (Å²) in [5, 5.41) is 0.684. The second-order valence-electron chi connectivity index (χ2n) is 6.38. The largest absolute Gasteiger partial charge is 0.493 e. The van der Waals surface area contributed by atoms with Crippen LogP contribution in [0.4, 0.5) is 5.82 Å². The van der Waals surface area contributed by atoms with Crippen molar-refractivity contribution in [1.82, 2.24) is 14.9 Å². The van der Waals surface area contributed by atoms with Gasteiger partial charge in [-0.2, -0.15) is 0 Å². The van der Waals surface area contributed by atoms with Crippen molar-refractivity contribution in [3.63, 3.8) is 0 Å². The molecule has 7 heteroatoms. The van der Waals surface area contributed by atoms with Gasteiger partial charge in [0, 0.05) is 35.7 Å². The monoisotopic (exact) mass is 364 g/mol. The van der Waals surface area contributed by atoms with Gasteiger partial charge in [0.05, 0.1) is 19.7 Å². The van der Waals surface area contributed by atoms with Gasteiger partial charge in [0.2, 0.25) is 0 Å². The summed E-state index contributed by atoms with van der Waals surface area (Å²) in [6, 6.07) is 10.8. The molecule has 0 aliphatic carbocycles. The molecule has 27 heavy (non-hydrogen) atoms. The third kappa shape index (κ3) is 3.01. The van der Waals surface area contributed by atoms with Gasteiger partial charge >= 0.3 is 0 Å². The zero-order chi connectivity index (χ0) is 19.0. The first kappa shape index (κ1) is 17.1. The van der Waals surface area contributed by atoms with Crippen molar-refractivity contribution in [3.05, 3.63) is 42.0 Å². The van der Waals surface area contributed by atoms with Crippen LogP contribution in [0, 0.1) is 0 Å². The maximum absolute atomic E-state index is 12.5. The number of amides is 1. The number of methoxy groups -OCH3 is 2. The Hall–Kier alpha value is -3.35. The van der Waals surface area contributed by atoms with Crippen molar-refractivity contribution in [1.29, 1.82) is 0 Å². The summed E-state index contributed by atoms with van der Waals surface area (Å²) in [6.07, 6.45) is 1.06. The smallest absolute Gasteiger partial charge is 0.253 e. The first-order chi connectivity index (χ1) is 13.1. The minimum atomic E-state index is 0.0308. The van der Waals surface area contributed by atoms with Crippen molar-refractivity contribution in [2.75, 3.05) is 33.0 Å². The third-order valence-corrected chi connectivity index (χ3v) is 4.74. The number of hydrogen-bond acceptors (Lipinski definition) is 6. The fourth-order valence-electron chi connectivity index (χ4n) is 3.10. The number of aromatic nitrogens is 2. The highest BCUT2D eigenvalue weighted by atomic mass is 16.5. The van der Waals surface area contributed by atoms with E-state index in [0.29, 0.717) is 39.6 Å². The van der Waals surface area contributed by atoms with Gasteiger partial charge < -0.3 is 20.1 Å². The predicted molar refractivity (Wildman–Crippen MR) is 103 cm³/mol. The Morgan fingerprint density at radius 2 is 1.81 bits per heavy atom. The number of anilines is 1. The number of likely N-dealkylation sites (tertiary alicyclic amines) is 1. The van der Waals surface area contributed by atoms with E-state index < -0.39 is 0 Å². The van der Waals surface area contributed by atoms with E-state index in [0.717, 1.165) is 25.1 Å². The van der Waals surface area contributed by atoms with Crippen molar-refractivity contribution in [2.45, 2.75) is 6.42 Å². The van der Waals surface area contributed by atoms with E-state index in [1.165, 1.54) is 0 Å². The molecule has 4 rings (SSSR count). The van der Waals surface area contributed by atoms with Crippen LogP contribution in [-0.4, -0.2) is 48.1 Å². The first-order valence-electron chi connectivity index (χ1n) is 8.69. The van der Waals surface area contributed by atoms with Crippen molar-refractivity contribution < 1.29 is 14.3 Å². The normalized spacial score (nSPS) is 13.3. The van der Waals surface area contributed by atoms with Gasteiger partial charge in [-0.3, -0.25) is 4.79 Å². The van der Waals surface area contributed by atoms with Gasteiger partial charge in [-0.05, 0) is 24.6 Å². The fraction of sp³-hybridized carbons (Fsp3) is 0.250. The Morgan fingerprint density at radius 1 is 1.07 bits per heavy atom. The molecule has 0 saturated carbocycles. The molecule has 2 aromatic carbocycles. The van der Waals surface area contributed by atoms with Crippen LogP contribution >= 0.6 is 0 Å². The van der Waals surface area contributed by atoms with Crippen LogP contribution in [-0.2, 0) is 0 Å². The molecule has 1 amide bonds. The van der Waals surface area contributed by atoms with Gasteiger partial charge in [-0.25, -0.2) is 9.97 Å². The first-order valence-corrected chi connectivity index (χ1v) is 8.69. The van der Waals surface area contributed by atoms with Crippen LogP contribution < -0.4 is 15.2 Å². The average molecular weight is 364 g/mol. The molecule has 7 nitrogen and oxygen atoms in total. The molecule has 0 spiro atoms. The molecule has 0 atom stereocenters. The van der Waals surface area contributed by atoms with Crippen LogP contribution in [0.25, 0.3) is 22.3 Å². The van der Waals surface area contributed by atoms with Crippen molar-refractivity contribution >= 4 is 22.6 Å². The highest BCUT2D eigenvalue weighted by molar-refractivity contribution is 5.96. The Labute approximate surface area is 156 Å². The van der Waals surface area contributed by atoms with Crippen LogP contribution in [0.5, 0.6) is 11.5 Å². The summed E-state index contributed by atoms with van der Waals surface area (Å²) in [6.45, 7) is 1.62. The molecular weight excluding hydrogens is 344 g/mol. The van der Waals surface area contributed by atoms with Gasteiger partial charge in [0.15, 0.2) is 17.3 Å². The molecule has 138 valence electrons.